The number of rotatable bonds is 20. The number of aromatic hydroxyl groups is 3. The van der Waals surface area contributed by atoms with E-state index >= 15 is 0 Å². The molecule has 11 nitrogen and oxygen atoms in total. The van der Waals surface area contributed by atoms with Gasteiger partial charge in [0.2, 0.25) is 0 Å². The van der Waals surface area contributed by atoms with E-state index in [4.69, 9.17) is 24.8 Å². The Balaban J connectivity index is 0. The molecule has 0 fully saturated rings. The third-order valence-corrected chi connectivity index (χ3v) is 17.7. The topological polar surface area (TPSA) is 166 Å². The first-order valence-corrected chi connectivity index (χ1v) is 35.3. The number of methoxy groups -OCH3 is 2. The fraction of sp³-hybridized carbons (Fsp3) is 0.465. The molecule has 9 atom stereocenters. The molecule has 0 aromatic heterocycles. The number of phenolic OH excluding ortho intramolecular Hbond substituents is 3. The summed E-state index contributed by atoms with van der Waals surface area (Å²) in [5.74, 6) is 7.41. The zero-order chi connectivity index (χ0) is 73.8. The van der Waals surface area contributed by atoms with Crippen LogP contribution in [0.15, 0.2) is 182 Å². The van der Waals surface area contributed by atoms with Gasteiger partial charge in [0.15, 0.2) is 0 Å². The predicted molar refractivity (Wildman–Crippen MR) is 407 cm³/mol. The molecule has 0 radical (unpaired) electrons. The van der Waals surface area contributed by atoms with Crippen LogP contribution in [-0.2, 0) is 19.1 Å². The van der Waals surface area contributed by atoms with E-state index < -0.39 is 12.3 Å². The Morgan fingerprint density at radius 3 is 0.598 bits per heavy atom. The Morgan fingerprint density at radius 1 is 0.278 bits per heavy atom. The normalized spacial score (nSPS) is 12.7. The SMILES string of the molecule is CCC(C)C(C)=O.CCC(C)C(C)=O.CCC(C)c1ccc(O)cc1.CCC(C)c1ccc(O)cc1.CCC(C)c1ccc(O)cc1.CCC(C)c1ccc(OC(=O)OC)cc1.CCC(C)c1ccc(OC(=O)OC)cc1.CCC(C)c1ccccc1.CCC(C)c1ccccc1. The van der Waals surface area contributed by atoms with Crippen LogP contribution in [0.5, 0.6) is 28.7 Å². The summed E-state index contributed by atoms with van der Waals surface area (Å²) in [5.41, 5.74) is 9.28. The lowest BCUT2D eigenvalue weighted by atomic mass is 9.99. The van der Waals surface area contributed by atoms with Crippen molar-refractivity contribution in [1.29, 1.82) is 0 Å². The van der Waals surface area contributed by atoms with Gasteiger partial charge in [0, 0.05) is 11.8 Å². The minimum Gasteiger partial charge on any atom is -0.508 e. The minimum absolute atomic E-state index is 0.264. The Kier molecular flexibility index (Phi) is 51.4. The van der Waals surface area contributed by atoms with Crippen molar-refractivity contribution < 1.29 is 53.4 Å². The third kappa shape index (κ3) is 42.2. The van der Waals surface area contributed by atoms with Crippen molar-refractivity contribution in [3.8, 4) is 28.7 Å². The standard InChI is InChI=1S/2C12H16O3.3C10H14O.2C10H14.2C6H12O/c2*1-4-9(2)10-5-7-11(8-6-10)15-12(13)14-3;3*1-3-8(2)9-4-6-10(11)7-5-9;2*1-3-9(2)10-7-5-4-6-8-10;2*1-4-5(2)6(3)7/h2*5-9H,4H2,1-3H3;3*4-8,11H,3H2,1-2H3;2*4-9H,3H2,1-2H3;2*5H,4H2,1-3H3. The van der Waals surface area contributed by atoms with E-state index in [-0.39, 0.29) is 11.8 Å². The average Bonchev–Trinajstić information content (AvgIpc) is 2.00. The van der Waals surface area contributed by atoms with Gasteiger partial charge < -0.3 is 34.3 Å². The fourth-order valence-corrected chi connectivity index (χ4v) is 8.20. The van der Waals surface area contributed by atoms with Gasteiger partial charge in [-0.1, -0.05) is 246 Å². The van der Waals surface area contributed by atoms with Gasteiger partial charge in [0.1, 0.15) is 40.3 Å². The highest BCUT2D eigenvalue weighted by atomic mass is 16.7. The Bertz CT molecular complexity index is 2800. The van der Waals surface area contributed by atoms with Crippen LogP contribution in [-0.4, -0.2) is 53.4 Å². The minimum atomic E-state index is -0.689. The highest BCUT2D eigenvalue weighted by Gasteiger charge is 2.09. The van der Waals surface area contributed by atoms with Crippen molar-refractivity contribution in [2.75, 3.05) is 14.2 Å². The second-order valence-corrected chi connectivity index (χ2v) is 24.9. The molecule has 97 heavy (non-hydrogen) atoms. The van der Waals surface area contributed by atoms with Crippen LogP contribution in [0.3, 0.4) is 0 Å². The number of hydrogen-bond donors (Lipinski definition) is 3. The summed E-state index contributed by atoms with van der Waals surface area (Å²) in [6.45, 7) is 41.8. The summed E-state index contributed by atoms with van der Waals surface area (Å²) in [6, 6.07) is 58.5. The maximum Gasteiger partial charge on any atom is 0.513 e. The zero-order valence-electron chi connectivity index (χ0n) is 63.5. The lowest BCUT2D eigenvalue weighted by Gasteiger charge is -2.09. The molecular formula is C86H126O11. The summed E-state index contributed by atoms with van der Waals surface area (Å²) >= 11 is 0. The van der Waals surface area contributed by atoms with Crippen LogP contribution in [0.4, 0.5) is 9.59 Å². The molecule has 11 heteroatoms. The molecule has 0 bridgehead atoms. The van der Waals surface area contributed by atoms with Crippen molar-refractivity contribution in [1.82, 2.24) is 0 Å². The number of ketones is 2. The summed E-state index contributed by atoms with van der Waals surface area (Å²) < 4.78 is 18.5. The fourth-order valence-electron chi connectivity index (χ4n) is 8.20. The van der Waals surface area contributed by atoms with E-state index in [1.54, 1.807) is 74.5 Å². The number of phenols is 3. The molecule has 0 amide bonds. The molecule has 7 aromatic rings. The lowest BCUT2D eigenvalue weighted by molar-refractivity contribution is -0.121. The van der Waals surface area contributed by atoms with Crippen LogP contribution < -0.4 is 9.47 Å². The van der Waals surface area contributed by atoms with Gasteiger partial charge in [-0.25, -0.2) is 9.59 Å². The zero-order valence-corrected chi connectivity index (χ0v) is 63.5. The van der Waals surface area contributed by atoms with E-state index in [9.17, 15) is 19.2 Å². The molecule has 0 saturated carbocycles. The van der Waals surface area contributed by atoms with Gasteiger partial charge in [-0.3, -0.25) is 9.59 Å². The molecule has 0 aliphatic carbocycles. The maximum absolute atomic E-state index is 10.8. The molecule has 0 heterocycles. The Labute approximate surface area is 587 Å². The lowest BCUT2D eigenvalue weighted by Crippen LogP contribution is -2.07. The highest BCUT2D eigenvalue weighted by Crippen LogP contribution is 2.26. The van der Waals surface area contributed by atoms with Crippen LogP contribution in [0.25, 0.3) is 0 Å². The van der Waals surface area contributed by atoms with Crippen molar-refractivity contribution in [2.24, 2.45) is 11.8 Å². The van der Waals surface area contributed by atoms with Gasteiger partial charge in [-0.05, 0) is 213 Å². The smallest absolute Gasteiger partial charge is 0.508 e. The molecular weight excluding hydrogens is 1210 g/mol. The summed E-state index contributed by atoms with van der Waals surface area (Å²) in [4.78, 5) is 42.4. The van der Waals surface area contributed by atoms with Gasteiger partial charge in [-0.2, -0.15) is 0 Å². The first kappa shape index (κ1) is 90.9. The summed E-state index contributed by atoms with van der Waals surface area (Å²) in [6.07, 6.45) is 8.63. The summed E-state index contributed by atoms with van der Waals surface area (Å²) in [7, 11) is 2.58. The molecule has 3 N–H and O–H groups in total. The molecule has 0 aliphatic heterocycles. The van der Waals surface area contributed by atoms with Crippen LogP contribution in [0.1, 0.15) is 277 Å². The monoisotopic (exact) mass is 1330 g/mol. The molecule has 7 aromatic carbocycles. The van der Waals surface area contributed by atoms with E-state index in [0.717, 1.165) is 44.9 Å². The first-order chi connectivity index (χ1) is 46.1. The maximum atomic E-state index is 10.8. The number of carbonyl (C=O) groups excluding carboxylic acids is 4. The van der Waals surface area contributed by atoms with Crippen molar-refractivity contribution in [2.45, 2.75) is 238 Å². The second-order valence-electron chi connectivity index (χ2n) is 24.9. The first-order valence-electron chi connectivity index (χ1n) is 35.3. The Morgan fingerprint density at radius 2 is 0.454 bits per heavy atom. The van der Waals surface area contributed by atoms with Gasteiger partial charge in [0.25, 0.3) is 0 Å². The third-order valence-electron chi connectivity index (χ3n) is 17.7. The summed E-state index contributed by atoms with van der Waals surface area (Å²) in [5, 5.41) is 27.0. The molecule has 536 valence electrons. The number of Topliss-reactive ketones (excluding diaryl/α,β-unsaturated/α-hetero) is 2. The predicted octanol–water partition coefficient (Wildman–Crippen LogP) is 25.1. The Hall–Kier alpha value is -8.18. The van der Waals surface area contributed by atoms with E-state index in [1.807, 2.05) is 88.4 Å². The van der Waals surface area contributed by atoms with E-state index in [2.05, 4.69) is 167 Å². The second kappa shape index (κ2) is 54.9. The quantitative estimate of drug-likeness (QED) is 0.0491. The molecule has 7 rings (SSSR count). The largest absolute Gasteiger partial charge is 0.513 e. The van der Waals surface area contributed by atoms with Crippen LogP contribution in [0.2, 0.25) is 0 Å². The molecule has 0 saturated heterocycles. The van der Waals surface area contributed by atoms with Crippen molar-refractivity contribution >= 4 is 23.9 Å². The molecule has 0 spiro atoms. The highest BCUT2D eigenvalue weighted by molar-refractivity contribution is 5.78. The van der Waals surface area contributed by atoms with E-state index in [1.165, 1.54) is 66.0 Å². The number of benzene rings is 7. The van der Waals surface area contributed by atoms with E-state index in [0.29, 0.717) is 81.7 Å². The van der Waals surface area contributed by atoms with Crippen LogP contribution in [0, 0.1) is 11.8 Å². The van der Waals surface area contributed by atoms with Crippen LogP contribution >= 0.6 is 0 Å². The van der Waals surface area contributed by atoms with Gasteiger partial charge in [0.05, 0.1) is 14.2 Å². The van der Waals surface area contributed by atoms with Gasteiger partial charge >= 0.3 is 12.3 Å². The molecule has 0 aliphatic rings. The van der Waals surface area contributed by atoms with Gasteiger partial charge in [-0.15, -0.1) is 0 Å². The van der Waals surface area contributed by atoms with Crippen molar-refractivity contribution in [3.05, 3.63) is 221 Å². The molecule has 9 unspecified atom stereocenters. The van der Waals surface area contributed by atoms with Crippen molar-refractivity contribution in [3.63, 3.8) is 0 Å². The number of ether oxygens (including phenoxy) is 4. The number of hydrogen-bond acceptors (Lipinski definition) is 11. The average molecular weight is 1340 g/mol. The number of carbonyl (C=O) groups is 4.